The molecule has 1 amide bonds. The summed E-state index contributed by atoms with van der Waals surface area (Å²) in [7, 11) is -3.69. The SMILES string of the molecule is CC(C)Oc1cc(-c2ccc(CCNC[C@H](O)c3cccnc3)cc2)ccc1C(=O)NS(C)(=O)=O.Cl.Cl. The van der Waals surface area contributed by atoms with Crippen LogP contribution in [0.3, 0.4) is 0 Å². The summed E-state index contributed by atoms with van der Waals surface area (Å²) in [5.74, 6) is -0.412. The second-order valence-electron chi connectivity index (χ2n) is 8.53. The van der Waals surface area contributed by atoms with Gasteiger partial charge in [-0.1, -0.05) is 36.4 Å². The third-order valence-corrected chi connectivity index (χ3v) is 5.71. The van der Waals surface area contributed by atoms with Gasteiger partial charge in [0, 0.05) is 24.5 Å². The van der Waals surface area contributed by atoms with Crippen molar-refractivity contribution in [3.8, 4) is 16.9 Å². The molecule has 1 aromatic heterocycles. The molecule has 3 aromatic rings. The van der Waals surface area contributed by atoms with E-state index in [1.54, 1.807) is 36.7 Å². The topological polar surface area (TPSA) is 118 Å². The maximum atomic E-state index is 12.4. The third kappa shape index (κ3) is 10.3. The van der Waals surface area contributed by atoms with E-state index in [-0.39, 0.29) is 36.5 Å². The van der Waals surface area contributed by atoms with Gasteiger partial charge in [0.05, 0.1) is 24.0 Å². The van der Waals surface area contributed by atoms with Crippen LogP contribution in [0.1, 0.15) is 41.4 Å². The molecule has 202 valence electrons. The van der Waals surface area contributed by atoms with Crippen molar-refractivity contribution in [3.63, 3.8) is 0 Å². The van der Waals surface area contributed by atoms with Crippen molar-refractivity contribution in [3.05, 3.63) is 83.7 Å². The average Bonchev–Trinajstić information content (AvgIpc) is 2.81. The first-order chi connectivity index (χ1) is 16.6. The lowest BCUT2D eigenvalue weighted by atomic mass is 10.0. The molecule has 0 bridgehead atoms. The number of hydrogen-bond acceptors (Lipinski definition) is 7. The minimum Gasteiger partial charge on any atom is -0.490 e. The highest BCUT2D eigenvalue weighted by molar-refractivity contribution is 7.89. The summed E-state index contributed by atoms with van der Waals surface area (Å²) < 4.78 is 30.7. The lowest BCUT2D eigenvalue weighted by Gasteiger charge is -2.16. The molecule has 37 heavy (non-hydrogen) atoms. The van der Waals surface area contributed by atoms with E-state index in [9.17, 15) is 18.3 Å². The molecule has 8 nitrogen and oxygen atoms in total. The van der Waals surface area contributed by atoms with Crippen molar-refractivity contribution in [2.75, 3.05) is 19.3 Å². The van der Waals surface area contributed by atoms with Crippen molar-refractivity contribution in [2.24, 2.45) is 0 Å². The summed E-state index contributed by atoms with van der Waals surface area (Å²) in [6.07, 6.45) is 4.27. The Hall–Kier alpha value is -2.69. The van der Waals surface area contributed by atoms with E-state index >= 15 is 0 Å². The van der Waals surface area contributed by atoms with Crippen LogP contribution in [0, 0.1) is 0 Å². The van der Waals surface area contributed by atoms with E-state index in [0.29, 0.717) is 18.8 Å². The predicted octanol–water partition coefficient (Wildman–Crippen LogP) is 3.93. The zero-order valence-electron chi connectivity index (χ0n) is 20.9. The van der Waals surface area contributed by atoms with Gasteiger partial charge in [0.2, 0.25) is 10.0 Å². The molecule has 0 spiro atoms. The van der Waals surface area contributed by atoms with Gasteiger partial charge in [-0.05, 0) is 61.7 Å². The molecule has 0 aliphatic rings. The molecule has 1 atom stereocenters. The van der Waals surface area contributed by atoms with E-state index in [0.717, 1.165) is 34.9 Å². The molecule has 1 heterocycles. The van der Waals surface area contributed by atoms with Crippen LogP contribution in [-0.2, 0) is 16.4 Å². The van der Waals surface area contributed by atoms with Crippen LogP contribution < -0.4 is 14.8 Å². The number of amides is 1. The van der Waals surface area contributed by atoms with Gasteiger partial charge in [-0.15, -0.1) is 24.8 Å². The number of hydrogen-bond donors (Lipinski definition) is 3. The van der Waals surface area contributed by atoms with E-state index < -0.39 is 22.0 Å². The standard InChI is InChI=1S/C26H31N3O5S.2ClH/c1-18(2)34-25-15-21(10-11-23(25)26(31)29-35(3,32)33)20-8-6-19(7-9-20)12-14-28-17-24(30)22-5-4-13-27-16-22;;/h4-11,13,15-16,18,24,28,30H,12,14,17H2,1-3H3,(H,29,31);2*1H/t24-;;/m0../s1. The zero-order valence-corrected chi connectivity index (χ0v) is 23.3. The van der Waals surface area contributed by atoms with Crippen LogP contribution in [0.15, 0.2) is 67.0 Å². The fraction of sp³-hybridized carbons (Fsp3) is 0.308. The number of nitrogens with one attached hydrogen (secondary N) is 2. The van der Waals surface area contributed by atoms with Crippen LogP contribution in [0.2, 0.25) is 0 Å². The molecule has 0 saturated heterocycles. The Balaban J connectivity index is 0.00000342. The smallest absolute Gasteiger partial charge is 0.268 e. The quantitative estimate of drug-likeness (QED) is 0.299. The number of halogens is 2. The minimum absolute atomic E-state index is 0. The van der Waals surface area contributed by atoms with Crippen LogP contribution >= 0.6 is 24.8 Å². The summed E-state index contributed by atoms with van der Waals surface area (Å²) in [5.41, 5.74) is 3.87. The summed E-state index contributed by atoms with van der Waals surface area (Å²) >= 11 is 0. The first kappa shape index (κ1) is 32.3. The molecule has 0 radical (unpaired) electrons. The van der Waals surface area contributed by atoms with Gasteiger partial charge < -0.3 is 15.2 Å². The molecule has 3 N–H and O–H groups in total. The summed E-state index contributed by atoms with van der Waals surface area (Å²) in [6.45, 7) is 4.84. The zero-order chi connectivity index (χ0) is 25.4. The Bertz CT molecular complexity index is 1240. The van der Waals surface area contributed by atoms with Crippen molar-refractivity contribution in [1.29, 1.82) is 0 Å². The Morgan fingerprint density at radius 3 is 2.32 bits per heavy atom. The van der Waals surface area contributed by atoms with Gasteiger partial charge in [-0.3, -0.25) is 9.78 Å². The van der Waals surface area contributed by atoms with Gasteiger partial charge in [0.25, 0.3) is 5.91 Å². The number of rotatable bonds is 11. The average molecular weight is 571 g/mol. The normalized spacial score (nSPS) is 11.7. The molecule has 0 unspecified atom stereocenters. The van der Waals surface area contributed by atoms with Crippen molar-refractivity contribution in [1.82, 2.24) is 15.0 Å². The monoisotopic (exact) mass is 569 g/mol. The predicted molar refractivity (Wildman–Crippen MR) is 150 cm³/mol. The van der Waals surface area contributed by atoms with E-state index in [1.807, 2.05) is 48.9 Å². The number of aromatic nitrogens is 1. The maximum absolute atomic E-state index is 12.4. The van der Waals surface area contributed by atoms with E-state index in [1.165, 1.54) is 0 Å². The number of carbonyl (C=O) groups excluding carboxylic acids is 1. The number of carbonyl (C=O) groups is 1. The van der Waals surface area contributed by atoms with Crippen molar-refractivity contribution >= 4 is 40.7 Å². The van der Waals surface area contributed by atoms with Crippen molar-refractivity contribution < 1.29 is 23.1 Å². The fourth-order valence-electron chi connectivity index (χ4n) is 3.49. The van der Waals surface area contributed by atoms with Crippen molar-refractivity contribution in [2.45, 2.75) is 32.5 Å². The molecule has 0 aliphatic carbocycles. The highest BCUT2D eigenvalue weighted by Crippen LogP contribution is 2.29. The lowest BCUT2D eigenvalue weighted by molar-refractivity contribution is 0.0976. The van der Waals surface area contributed by atoms with Gasteiger partial charge in [-0.25, -0.2) is 13.1 Å². The lowest BCUT2D eigenvalue weighted by Crippen LogP contribution is -2.30. The number of pyridine rings is 1. The number of aliphatic hydroxyl groups is 1. The maximum Gasteiger partial charge on any atom is 0.268 e. The fourth-order valence-corrected chi connectivity index (χ4v) is 3.94. The van der Waals surface area contributed by atoms with Crippen LogP contribution in [0.5, 0.6) is 5.75 Å². The first-order valence-corrected chi connectivity index (χ1v) is 13.2. The van der Waals surface area contributed by atoms with Crippen LogP contribution in [0.4, 0.5) is 0 Å². The highest BCUT2D eigenvalue weighted by atomic mass is 35.5. The Labute approximate surface area is 230 Å². The first-order valence-electron chi connectivity index (χ1n) is 11.3. The van der Waals surface area contributed by atoms with Gasteiger partial charge in [-0.2, -0.15) is 0 Å². The molecule has 3 rings (SSSR count). The molecule has 2 aromatic carbocycles. The number of nitrogens with zero attached hydrogens (tertiary/aromatic N) is 1. The number of aliphatic hydroxyl groups excluding tert-OH is 1. The number of benzene rings is 2. The minimum atomic E-state index is -3.69. The molecular formula is C26H33Cl2N3O5S. The van der Waals surface area contributed by atoms with Gasteiger partial charge in [0.1, 0.15) is 5.75 Å². The van der Waals surface area contributed by atoms with E-state index in [4.69, 9.17) is 4.74 Å². The molecular weight excluding hydrogens is 537 g/mol. The van der Waals surface area contributed by atoms with E-state index in [2.05, 4.69) is 10.3 Å². The summed E-state index contributed by atoms with van der Waals surface area (Å²) in [4.78, 5) is 16.4. The molecule has 0 fully saturated rings. The molecule has 0 aliphatic heterocycles. The Morgan fingerprint density at radius 1 is 1.05 bits per heavy atom. The number of ether oxygens (including phenoxy) is 1. The number of sulfonamides is 1. The van der Waals surface area contributed by atoms with Crippen LogP contribution in [0.25, 0.3) is 11.1 Å². The second kappa shape index (κ2) is 14.9. The largest absolute Gasteiger partial charge is 0.490 e. The molecule has 11 heteroatoms. The summed E-state index contributed by atoms with van der Waals surface area (Å²) in [6, 6.07) is 16.8. The third-order valence-electron chi connectivity index (χ3n) is 5.15. The molecule has 0 saturated carbocycles. The Morgan fingerprint density at radius 2 is 1.73 bits per heavy atom. The second-order valence-corrected chi connectivity index (χ2v) is 10.3. The van der Waals surface area contributed by atoms with Crippen LogP contribution in [-0.4, -0.2) is 49.9 Å². The van der Waals surface area contributed by atoms with Gasteiger partial charge in [0.15, 0.2) is 0 Å². The highest BCUT2D eigenvalue weighted by Gasteiger charge is 2.18. The summed E-state index contributed by atoms with van der Waals surface area (Å²) in [5, 5.41) is 13.5. The Kier molecular flexibility index (Phi) is 13.0. The van der Waals surface area contributed by atoms with Gasteiger partial charge >= 0.3 is 0 Å².